The molecule has 0 aliphatic carbocycles. The summed E-state index contributed by atoms with van der Waals surface area (Å²) in [4.78, 5) is 0. The molecular formula is C19H20FN3. The number of nitrogens with zero attached hydrogens (tertiary/aromatic N) is 2. The first-order valence-electron chi connectivity index (χ1n) is 7.73. The van der Waals surface area contributed by atoms with E-state index in [0.717, 1.165) is 22.5 Å². The van der Waals surface area contributed by atoms with Crippen molar-refractivity contribution in [1.82, 2.24) is 15.1 Å². The first-order chi connectivity index (χ1) is 11.1. The van der Waals surface area contributed by atoms with Crippen LogP contribution in [0.3, 0.4) is 0 Å². The Morgan fingerprint density at radius 3 is 2.65 bits per heavy atom. The van der Waals surface area contributed by atoms with Crippen molar-refractivity contribution >= 4 is 0 Å². The molecule has 1 atom stereocenters. The first kappa shape index (κ1) is 15.4. The molecule has 1 heterocycles. The molecule has 0 amide bonds. The third kappa shape index (κ3) is 3.48. The number of nitrogens with one attached hydrogen (secondary N) is 1. The van der Waals surface area contributed by atoms with E-state index in [1.54, 1.807) is 12.1 Å². The van der Waals surface area contributed by atoms with Gasteiger partial charge in [-0.1, -0.05) is 30.3 Å². The summed E-state index contributed by atoms with van der Waals surface area (Å²) in [6.07, 6.45) is 1.89. The molecule has 0 unspecified atom stereocenters. The third-order valence-corrected chi connectivity index (χ3v) is 4.02. The Hall–Kier alpha value is -2.46. The summed E-state index contributed by atoms with van der Waals surface area (Å²) >= 11 is 0. The van der Waals surface area contributed by atoms with Gasteiger partial charge in [0.25, 0.3) is 0 Å². The number of aromatic nitrogens is 2. The van der Waals surface area contributed by atoms with E-state index < -0.39 is 0 Å². The van der Waals surface area contributed by atoms with Crippen LogP contribution in [0.2, 0.25) is 0 Å². The van der Waals surface area contributed by atoms with Gasteiger partial charge in [-0.05, 0) is 43.7 Å². The lowest BCUT2D eigenvalue weighted by molar-refractivity contribution is 0.566. The second-order valence-corrected chi connectivity index (χ2v) is 5.67. The standard InChI is InChI=1S/C19H20FN3/c1-14(21-12-16-7-6-8-17(20)11-16)19-13-22-23(15(19)2)18-9-4-3-5-10-18/h3-11,13-14,21H,12H2,1-2H3/t14-/m0/s1. The molecule has 3 nitrogen and oxygen atoms in total. The minimum atomic E-state index is -0.204. The minimum Gasteiger partial charge on any atom is -0.306 e. The number of halogens is 1. The molecule has 4 heteroatoms. The normalized spacial score (nSPS) is 12.3. The quantitative estimate of drug-likeness (QED) is 0.766. The summed E-state index contributed by atoms with van der Waals surface area (Å²) < 4.78 is 15.2. The average molecular weight is 309 g/mol. The van der Waals surface area contributed by atoms with Crippen molar-refractivity contribution in [2.24, 2.45) is 0 Å². The molecule has 2 aromatic carbocycles. The maximum absolute atomic E-state index is 13.2. The topological polar surface area (TPSA) is 29.9 Å². The molecule has 1 aromatic heterocycles. The molecule has 0 radical (unpaired) electrons. The van der Waals surface area contributed by atoms with E-state index in [4.69, 9.17) is 0 Å². The van der Waals surface area contributed by atoms with Crippen LogP contribution in [0.1, 0.15) is 29.8 Å². The van der Waals surface area contributed by atoms with Crippen LogP contribution >= 0.6 is 0 Å². The highest BCUT2D eigenvalue weighted by Crippen LogP contribution is 2.20. The van der Waals surface area contributed by atoms with Gasteiger partial charge in [-0.15, -0.1) is 0 Å². The predicted octanol–water partition coefficient (Wildman–Crippen LogP) is 4.17. The molecule has 0 spiro atoms. The van der Waals surface area contributed by atoms with Gasteiger partial charge in [0.15, 0.2) is 0 Å². The zero-order chi connectivity index (χ0) is 16.2. The van der Waals surface area contributed by atoms with Gasteiger partial charge in [0.2, 0.25) is 0 Å². The van der Waals surface area contributed by atoms with Gasteiger partial charge in [0.1, 0.15) is 5.82 Å². The smallest absolute Gasteiger partial charge is 0.123 e. The molecule has 0 saturated heterocycles. The van der Waals surface area contributed by atoms with Gasteiger partial charge in [-0.3, -0.25) is 0 Å². The summed E-state index contributed by atoms with van der Waals surface area (Å²) in [6, 6.07) is 16.9. The Labute approximate surface area is 135 Å². The molecule has 3 rings (SSSR count). The Kier molecular flexibility index (Phi) is 4.53. The highest BCUT2D eigenvalue weighted by Gasteiger charge is 2.13. The second kappa shape index (κ2) is 6.75. The van der Waals surface area contributed by atoms with Crippen molar-refractivity contribution in [3.8, 4) is 5.69 Å². The summed E-state index contributed by atoms with van der Waals surface area (Å²) in [7, 11) is 0. The van der Waals surface area contributed by atoms with Crippen molar-refractivity contribution in [2.45, 2.75) is 26.4 Å². The van der Waals surface area contributed by atoms with Gasteiger partial charge >= 0.3 is 0 Å². The van der Waals surface area contributed by atoms with Crippen LogP contribution in [-0.2, 0) is 6.54 Å². The molecule has 1 N–H and O–H groups in total. The van der Waals surface area contributed by atoms with E-state index in [-0.39, 0.29) is 11.9 Å². The van der Waals surface area contributed by atoms with E-state index in [0.29, 0.717) is 6.54 Å². The largest absolute Gasteiger partial charge is 0.306 e. The number of rotatable bonds is 5. The van der Waals surface area contributed by atoms with Crippen molar-refractivity contribution in [2.75, 3.05) is 0 Å². The maximum Gasteiger partial charge on any atom is 0.123 e. The van der Waals surface area contributed by atoms with Gasteiger partial charge in [0, 0.05) is 23.8 Å². The fourth-order valence-corrected chi connectivity index (χ4v) is 2.70. The SMILES string of the molecule is Cc1c([C@H](C)NCc2cccc(F)c2)cnn1-c1ccccc1. The van der Waals surface area contributed by atoms with Crippen LogP contribution < -0.4 is 5.32 Å². The van der Waals surface area contributed by atoms with Crippen molar-refractivity contribution in [3.63, 3.8) is 0 Å². The van der Waals surface area contributed by atoms with Gasteiger partial charge < -0.3 is 5.32 Å². The lowest BCUT2D eigenvalue weighted by Gasteiger charge is -2.14. The van der Waals surface area contributed by atoms with E-state index >= 15 is 0 Å². The number of hydrogen-bond donors (Lipinski definition) is 1. The van der Waals surface area contributed by atoms with Gasteiger partial charge in [0.05, 0.1) is 11.9 Å². The molecule has 0 bridgehead atoms. The molecule has 0 aliphatic heterocycles. The van der Waals surface area contributed by atoms with Crippen LogP contribution in [0, 0.1) is 12.7 Å². The molecule has 23 heavy (non-hydrogen) atoms. The molecule has 118 valence electrons. The molecule has 0 saturated carbocycles. The zero-order valence-corrected chi connectivity index (χ0v) is 13.3. The van der Waals surface area contributed by atoms with E-state index in [9.17, 15) is 4.39 Å². The Bertz CT molecular complexity index is 780. The van der Waals surface area contributed by atoms with Crippen LogP contribution in [-0.4, -0.2) is 9.78 Å². The second-order valence-electron chi connectivity index (χ2n) is 5.67. The highest BCUT2D eigenvalue weighted by molar-refractivity contribution is 5.35. The first-order valence-corrected chi connectivity index (χ1v) is 7.73. The average Bonchev–Trinajstić information content (AvgIpc) is 2.95. The van der Waals surface area contributed by atoms with E-state index in [2.05, 4.69) is 24.3 Å². The maximum atomic E-state index is 13.2. The van der Waals surface area contributed by atoms with Crippen molar-refractivity contribution < 1.29 is 4.39 Å². The highest BCUT2D eigenvalue weighted by atomic mass is 19.1. The van der Waals surface area contributed by atoms with Gasteiger partial charge in [-0.25, -0.2) is 9.07 Å². The minimum absolute atomic E-state index is 0.135. The molecule has 0 aliphatic rings. The fraction of sp³-hybridized carbons (Fsp3) is 0.211. The van der Waals surface area contributed by atoms with Crippen molar-refractivity contribution in [3.05, 3.63) is 83.4 Å². The Morgan fingerprint density at radius 1 is 1.13 bits per heavy atom. The fourth-order valence-electron chi connectivity index (χ4n) is 2.70. The summed E-state index contributed by atoms with van der Waals surface area (Å²) in [6.45, 7) is 4.78. The Balaban J connectivity index is 1.73. The number of benzene rings is 2. The Morgan fingerprint density at radius 2 is 1.91 bits per heavy atom. The lowest BCUT2D eigenvalue weighted by Crippen LogP contribution is -2.18. The van der Waals surface area contributed by atoms with Crippen LogP contribution in [0.15, 0.2) is 60.8 Å². The van der Waals surface area contributed by atoms with Crippen LogP contribution in [0.25, 0.3) is 5.69 Å². The molecule has 3 aromatic rings. The van der Waals surface area contributed by atoms with E-state index in [1.165, 1.54) is 6.07 Å². The third-order valence-electron chi connectivity index (χ3n) is 4.02. The van der Waals surface area contributed by atoms with E-state index in [1.807, 2.05) is 47.3 Å². The summed E-state index contributed by atoms with van der Waals surface area (Å²) in [5.41, 5.74) is 4.24. The number of hydrogen-bond acceptors (Lipinski definition) is 2. The monoisotopic (exact) mass is 309 g/mol. The molecule has 0 fully saturated rings. The summed E-state index contributed by atoms with van der Waals surface area (Å²) in [5.74, 6) is -0.204. The van der Waals surface area contributed by atoms with Crippen LogP contribution in [0.4, 0.5) is 4.39 Å². The lowest BCUT2D eigenvalue weighted by atomic mass is 10.1. The van der Waals surface area contributed by atoms with Gasteiger partial charge in [-0.2, -0.15) is 5.10 Å². The zero-order valence-electron chi connectivity index (χ0n) is 13.3. The summed E-state index contributed by atoms with van der Waals surface area (Å²) in [5, 5.41) is 7.92. The van der Waals surface area contributed by atoms with Crippen LogP contribution in [0.5, 0.6) is 0 Å². The molecular weight excluding hydrogens is 289 g/mol. The van der Waals surface area contributed by atoms with Crippen molar-refractivity contribution in [1.29, 1.82) is 0 Å². The number of para-hydroxylation sites is 1. The predicted molar refractivity (Wildman–Crippen MR) is 90.0 cm³/mol.